The van der Waals surface area contributed by atoms with Gasteiger partial charge in [-0.15, -0.1) is 0 Å². The maximum atomic E-state index is 11.2. The number of carbonyl (C=O) groups is 1. The van der Waals surface area contributed by atoms with E-state index in [1.165, 1.54) is 5.56 Å². The molecule has 3 rings (SSSR count). The molecule has 140 valence electrons. The van der Waals surface area contributed by atoms with Gasteiger partial charge in [-0.1, -0.05) is 46.3 Å². The summed E-state index contributed by atoms with van der Waals surface area (Å²) >= 11 is 3.40. The number of hydrogen-bond acceptors (Lipinski definition) is 4. The molecule has 0 spiro atoms. The van der Waals surface area contributed by atoms with E-state index >= 15 is 0 Å². The van der Waals surface area contributed by atoms with Crippen molar-refractivity contribution in [3.63, 3.8) is 0 Å². The van der Waals surface area contributed by atoms with Gasteiger partial charge in [-0.2, -0.15) is 0 Å². The van der Waals surface area contributed by atoms with Gasteiger partial charge < -0.3 is 20.7 Å². The molecular weight excluding hydrogens is 398 g/mol. The fourth-order valence-corrected chi connectivity index (χ4v) is 3.39. The highest BCUT2D eigenvalue weighted by atomic mass is 79.9. The molecule has 0 aliphatic heterocycles. The predicted octanol–water partition coefficient (Wildman–Crippen LogP) is 3.71. The maximum Gasteiger partial charge on any atom is 0.312 e. The lowest BCUT2D eigenvalue weighted by atomic mass is 10.00. The van der Waals surface area contributed by atoms with Crippen LogP contribution >= 0.6 is 15.9 Å². The molecule has 0 saturated heterocycles. The Morgan fingerprint density at radius 3 is 2.42 bits per heavy atom. The molecule has 3 atom stereocenters. The van der Waals surface area contributed by atoms with Crippen LogP contribution in [0.5, 0.6) is 5.75 Å². The largest absolute Gasteiger partial charge is 0.497 e. The quantitative estimate of drug-likeness (QED) is 0.683. The number of carboxylic acid groups (broad SMARTS) is 1. The summed E-state index contributed by atoms with van der Waals surface area (Å²) in [6.45, 7) is 1.64. The number of carboxylic acids is 1. The Hall–Kier alpha value is -1.89. The van der Waals surface area contributed by atoms with Crippen molar-refractivity contribution >= 4 is 21.9 Å². The molecule has 6 heteroatoms. The van der Waals surface area contributed by atoms with Crippen LogP contribution in [0.3, 0.4) is 0 Å². The van der Waals surface area contributed by atoms with Gasteiger partial charge in [-0.25, -0.2) is 0 Å². The summed E-state index contributed by atoms with van der Waals surface area (Å²) in [6.07, 6.45) is 0.463. The SMILES string of the molecule is COc1ccc(Br)c([C@H]2C[C@]2(CO)C(=O)O)c1.C[C@@H](N)c1ccccc1. The van der Waals surface area contributed by atoms with Crippen molar-refractivity contribution in [2.75, 3.05) is 13.7 Å². The van der Waals surface area contributed by atoms with E-state index in [4.69, 9.17) is 15.6 Å². The molecule has 0 heterocycles. The van der Waals surface area contributed by atoms with Gasteiger partial charge >= 0.3 is 5.97 Å². The first-order chi connectivity index (χ1) is 12.4. The molecular formula is C20H24BrNO4. The standard InChI is InChI=1S/C12H13BrO4.C8H11N/c1-17-7-2-3-10(13)8(4-7)9-5-12(9,6-14)11(15)16;1-7(9)8-5-3-2-4-6-8/h2-4,9,14H,5-6H2,1H3,(H,15,16);2-7H,9H2,1H3/t9-,12-;7-/m11/s1. The molecule has 26 heavy (non-hydrogen) atoms. The van der Waals surface area contributed by atoms with Gasteiger partial charge in [0.2, 0.25) is 0 Å². The van der Waals surface area contributed by atoms with Crippen LogP contribution in [0.25, 0.3) is 0 Å². The summed E-state index contributed by atoms with van der Waals surface area (Å²) in [5.74, 6) is -0.415. The van der Waals surface area contributed by atoms with Gasteiger partial charge in [-0.3, -0.25) is 4.79 Å². The molecule has 1 fully saturated rings. The zero-order valence-electron chi connectivity index (χ0n) is 14.9. The number of halogens is 1. The molecule has 4 N–H and O–H groups in total. The van der Waals surface area contributed by atoms with Crippen LogP contribution in [0.2, 0.25) is 0 Å². The van der Waals surface area contributed by atoms with E-state index in [-0.39, 0.29) is 18.6 Å². The second kappa shape index (κ2) is 8.66. The number of aliphatic hydroxyl groups is 1. The third kappa shape index (κ3) is 4.44. The van der Waals surface area contributed by atoms with Crippen molar-refractivity contribution in [1.29, 1.82) is 0 Å². The highest BCUT2D eigenvalue weighted by Crippen LogP contribution is 2.60. The van der Waals surface area contributed by atoms with E-state index < -0.39 is 11.4 Å². The van der Waals surface area contributed by atoms with Crippen LogP contribution in [0.4, 0.5) is 0 Å². The summed E-state index contributed by atoms with van der Waals surface area (Å²) in [5, 5.41) is 18.4. The molecule has 0 amide bonds. The Bertz CT molecular complexity index is 751. The van der Waals surface area contributed by atoms with E-state index in [1.54, 1.807) is 13.2 Å². The Kier molecular flexibility index (Phi) is 6.81. The average Bonchev–Trinajstić information content (AvgIpc) is 3.39. The van der Waals surface area contributed by atoms with Gasteiger partial charge in [0.25, 0.3) is 0 Å². The van der Waals surface area contributed by atoms with E-state index in [9.17, 15) is 9.90 Å². The number of nitrogens with two attached hydrogens (primary N) is 1. The second-order valence-electron chi connectivity index (χ2n) is 6.46. The fourth-order valence-electron chi connectivity index (χ4n) is 2.86. The predicted molar refractivity (Wildman–Crippen MR) is 104 cm³/mol. The minimum Gasteiger partial charge on any atom is -0.497 e. The average molecular weight is 422 g/mol. The zero-order chi connectivity index (χ0) is 19.3. The number of rotatable bonds is 5. The molecule has 1 aliphatic carbocycles. The first-order valence-corrected chi connectivity index (χ1v) is 9.13. The first kappa shape index (κ1) is 20.4. The summed E-state index contributed by atoms with van der Waals surface area (Å²) in [6, 6.07) is 15.7. The lowest BCUT2D eigenvalue weighted by molar-refractivity contribution is -0.145. The molecule has 0 aromatic heterocycles. The van der Waals surface area contributed by atoms with E-state index in [1.807, 2.05) is 49.4 Å². The highest BCUT2D eigenvalue weighted by Gasteiger charge is 2.61. The summed E-state index contributed by atoms with van der Waals surface area (Å²) in [7, 11) is 1.57. The van der Waals surface area contributed by atoms with Crippen LogP contribution in [-0.4, -0.2) is 29.9 Å². The smallest absolute Gasteiger partial charge is 0.312 e. The molecule has 1 saturated carbocycles. The molecule has 5 nitrogen and oxygen atoms in total. The van der Waals surface area contributed by atoms with Crippen LogP contribution in [0.15, 0.2) is 53.0 Å². The highest BCUT2D eigenvalue weighted by molar-refractivity contribution is 9.10. The summed E-state index contributed by atoms with van der Waals surface area (Å²) < 4.78 is 5.97. The van der Waals surface area contributed by atoms with E-state index in [0.717, 1.165) is 10.0 Å². The lowest BCUT2D eigenvalue weighted by Crippen LogP contribution is -2.21. The van der Waals surface area contributed by atoms with Crippen molar-refractivity contribution in [2.45, 2.75) is 25.3 Å². The number of methoxy groups -OCH3 is 1. The summed E-state index contributed by atoms with van der Waals surface area (Å²) in [4.78, 5) is 11.2. The van der Waals surface area contributed by atoms with Crippen LogP contribution in [-0.2, 0) is 4.79 Å². The maximum absolute atomic E-state index is 11.2. The number of ether oxygens (including phenoxy) is 1. The zero-order valence-corrected chi connectivity index (χ0v) is 16.4. The molecule has 0 bridgehead atoms. The van der Waals surface area contributed by atoms with Gasteiger partial charge in [0.05, 0.1) is 19.1 Å². The Balaban J connectivity index is 0.000000228. The van der Waals surface area contributed by atoms with Crippen molar-refractivity contribution < 1.29 is 19.7 Å². The fraction of sp³-hybridized carbons (Fsp3) is 0.350. The number of aliphatic hydroxyl groups excluding tert-OH is 1. The Morgan fingerprint density at radius 1 is 1.35 bits per heavy atom. The molecule has 0 radical (unpaired) electrons. The topological polar surface area (TPSA) is 92.8 Å². The van der Waals surface area contributed by atoms with Crippen LogP contribution in [0, 0.1) is 5.41 Å². The monoisotopic (exact) mass is 421 g/mol. The lowest BCUT2D eigenvalue weighted by Gasteiger charge is -2.11. The third-order valence-electron chi connectivity index (χ3n) is 4.69. The molecule has 0 unspecified atom stereocenters. The van der Waals surface area contributed by atoms with Crippen LogP contribution < -0.4 is 10.5 Å². The molecule has 2 aromatic carbocycles. The third-order valence-corrected chi connectivity index (χ3v) is 5.41. The Labute approximate surface area is 161 Å². The normalized spacial score (nSPS) is 22.0. The Morgan fingerprint density at radius 2 is 2.00 bits per heavy atom. The number of aliphatic carboxylic acids is 1. The van der Waals surface area contributed by atoms with E-state index in [2.05, 4.69) is 15.9 Å². The van der Waals surface area contributed by atoms with Crippen molar-refractivity contribution in [1.82, 2.24) is 0 Å². The molecule has 2 aromatic rings. The summed E-state index contributed by atoms with van der Waals surface area (Å²) in [5.41, 5.74) is 6.66. The first-order valence-electron chi connectivity index (χ1n) is 8.34. The van der Waals surface area contributed by atoms with Crippen LogP contribution in [0.1, 0.15) is 36.4 Å². The van der Waals surface area contributed by atoms with Gasteiger partial charge in [0.1, 0.15) is 5.75 Å². The number of benzene rings is 2. The van der Waals surface area contributed by atoms with E-state index in [0.29, 0.717) is 12.2 Å². The van der Waals surface area contributed by atoms with Crippen molar-refractivity contribution in [2.24, 2.45) is 11.1 Å². The second-order valence-corrected chi connectivity index (χ2v) is 7.32. The minimum atomic E-state index is -1.02. The van der Waals surface area contributed by atoms with Crippen molar-refractivity contribution in [3.8, 4) is 5.75 Å². The van der Waals surface area contributed by atoms with Gasteiger partial charge in [0, 0.05) is 16.4 Å². The van der Waals surface area contributed by atoms with Gasteiger partial charge in [-0.05, 0) is 42.7 Å². The minimum absolute atomic E-state index is 0.158. The number of hydrogen-bond donors (Lipinski definition) is 3. The van der Waals surface area contributed by atoms with Gasteiger partial charge in [0.15, 0.2) is 0 Å². The molecule has 1 aliphatic rings. The van der Waals surface area contributed by atoms with Crippen molar-refractivity contribution in [3.05, 3.63) is 64.1 Å².